The molecule has 5 nitrogen and oxygen atoms in total. The van der Waals surface area contributed by atoms with Crippen LogP contribution in [0.4, 0.5) is 0 Å². The number of aromatic hydroxyl groups is 1. The molecule has 256 valence electrons. The quantitative estimate of drug-likeness (QED) is 0.188. The van der Waals surface area contributed by atoms with Crippen LogP contribution < -0.4 is 0 Å². The first-order valence-corrected chi connectivity index (χ1v) is 17.8. The molecule has 0 fully saturated rings. The average molecular weight is 699 g/mol. The van der Waals surface area contributed by atoms with Gasteiger partial charge < -0.3 is 9.52 Å². The Morgan fingerprint density at radius 3 is 2.07 bits per heavy atom. The Kier molecular flexibility index (Phi) is 6.70. The van der Waals surface area contributed by atoms with Crippen molar-refractivity contribution in [2.24, 2.45) is 0 Å². The van der Waals surface area contributed by atoms with Crippen molar-refractivity contribution in [2.75, 3.05) is 0 Å². The molecule has 0 saturated heterocycles. The smallest absolute Gasteiger partial charge is 0.149 e. The van der Waals surface area contributed by atoms with E-state index in [1.807, 2.05) is 109 Å². The third-order valence-corrected chi connectivity index (χ3v) is 10.1. The first-order chi connectivity index (χ1) is 27.8. The van der Waals surface area contributed by atoms with E-state index in [0.29, 0.717) is 33.8 Å². The van der Waals surface area contributed by atoms with E-state index in [1.54, 1.807) is 18.3 Å². The van der Waals surface area contributed by atoms with Crippen LogP contribution in [0.3, 0.4) is 0 Å². The maximum absolute atomic E-state index is 11.3. The fourth-order valence-corrected chi connectivity index (χ4v) is 7.65. The summed E-state index contributed by atoms with van der Waals surface area (Å²) in [6, 6.07) is 55.0. The van der Waals surface area contributed by atoms with E-state index in [2.05, 4.69) is 53.1 Å². The van der Waals surface area contributed by atoms with Crippen LogP contribution in [0, 0.1) is 6.85 Å². The SMILES string of the molecule is [2H]C([2H])([2H])c1ccc2c(oc3c(-c4ccccn4)cc(-c4cccc5c4nc(-c4ccccc4O)n5-c4ccccc4-c4ccccc4)cc32)c1-c1ccccc1. The summed E-state index contributed by atoms with van der Waals surface area (Å²) in [6.45, 7) is -2.37. The van der Waals surface area contributed by atoms with Crippen molar-refractivity contribution < 1.29 is 13.6 Å². The van der Waals surface area contributed by atoms with Gasteiger partial charge in [0.2, 0.25) is 0 Å². The number of aryl methyl sites for hydroxylation is 1. The van der Waals surface area contributed by atoms with Gasteiger partial charge in [0.1, 0.15) is 22.7 Å². The van der Waals surface area contributed by atoms with Gasteiger partial charge in [-0.1, -0.05) is 121 Å². The molecule has 0 spiro atoms. The molecule has 7 aromatic carbocycles. The van der Waals surface area contributed by atoms with Gasteiger partial charge >= 0.3 is 0 Å². The van der Waals surface area contributed by atoms with Crippen LogP contribution in [0.25, 0.3) is 94.7 Å². The number of benzene rings is 7. The van der Waals surface area contributed by atoms with E-state index in [1.165, 1.54) is 0 Å². The van der Waals surface area contributed by atoms with Gasteiger partial charge in [-0.15, -0.1) is 0 Å². The number of hydrogen-bond acceptors (Lipinski definition) is 4. The Balaban J connectivity index is 1.29. The summed E-state index contributed by atoms with van der Waals surface area (Å²) in [5.74, 6) is 0.727. The van der Waals surface area contributed by atoms with Gasteiger partial charge in [0, 0.05) is 43.3 Å². The highest BCUT2D eigenvalue weighted by molar-refractivity contribution is 6.15. The molecule has 0 atom stereocenters. The predicted molar refractivity (Wildman–Crippen MR) is 220 cm³/mol. The highest BCUT2D eigenvalue weighted by atomic mass is 16.3. The van der Waals surface area contributed by atoms with E-state index < -0.39 is 6.85 Å². The van der Waals surface area contributed by atoms with Gasteiger partial charge in [-0.05, 0) is 77.6 Å². The predicted octanol–water partition coefficient (Wildman–Crippen LogP) is 12.7. The van der Waals surface area contributed by atoms with E-state index in [4.69, 9.17) is 18.5 Å². The molecule has 1 N–H and O–H groups in total. The van der Waals surface area contributed by atoms with Crippen molar-refractivity contribution in [1.29, 1.82) is 0 Å². The van der Waals surface area contributed by atoms with Crippen molar-refractivity contribution in [3.63, 3.8) is 0 Å². The van der Waals surface area contributed by atoms with Crippen LogP contribution in [0.1, 0.15) is 9.68 Å². The third-order valence-electron chi connectivity index (χ3n) is 10.1. The number of phenols is 1. The summed E-state index contributed by atoms with van der Waals surface area (Å²) < 4.78 is 34.3. The second-order valence-corrected chi connectivity index (χ2v) is 13.3. The molecule has 3 aromatic heterocycles. The Labute approximate surface area is 316 Å². The lowest BCUT2D eigenvalue weighted by Gasteiger charge is -2.15. The summed E-state index contributed by atoms with van der Waals surface area (Å²) in [6.07, 6.45) is 1.75. The second kappa shape index (κ2) is 12.8. The lowest BCUT2D eigenvalue weighted by Crippen LogP contribution is -2.00. The number of aromatic nitrogens is 3. The number of hydrogen-bond donors (Lipinski definition) is 1. The van der Waals surface area contributed by atoms with Crippen LogP contribution in [0.2, 0.25) is 0 Å². The van der Waals surface area contributed by atoms with Crippen LogP contribution in [-0.2, 0) is 0 Å². The number of para-hydroxylation sites is 3. The molecule has 10 rings (SSSR count). The highest BCUT2D eigenvalue weighted by Crippen LogP contribution is 2.45. The molecule has 0 saturated carbocycles. The van der Waals surface area contributed by atoms with Gasteiger partial charge in [-0.3, -0.25) is 9.55 Å². The van der Waals surface area contributed by atoms with E-state index in [-0.39, 0.29) is 11.3 Å². The zero-order valence-corrected chi connectivity index (χ0v) is 28.9. The van der Waals surface area contributed by atoms with Gasteiger partial charge in [0.25, 0.3) is 0 Å². The number of pyridine rings is 1. The van der Waals surface area contributed by atoms with Gasteiger partial charge in [-0.25, -0.2) is 4.98 Å². The van der Waals surface area contributed by atoms with Crippen molar-refractivity contribution in [3.05, 3.63) is 182 Å². The van der Waals surface area contributed by atoms with Crippen molar-refractivity contribution in [1.82, 2.24) is 14.5 Å². The van der Waals surface area contributed by atoms with E-state index in [0.717, 1.165) is 60.9 Å². The van der Waals surface area contributed by atoms with E-state index in [9.17, 15) is 5.11 Å². The Hall–Kier alpha value is -7.24. The fraction of sp³-hybridized carbons (Fsp3) is 0.0204. The number of nitrogens with zero attached hydrogens (tertiary/aromatic N) is 3. The van der Waals surface area contributed by atoms with Crippen molar-refractivity contribution >= 4 is 33.0 Å². The molecular formula is C49H33N3O2. The molecule has 0 amide bonds. The minimum absolute atomic E-state index is 0.127. The molecule has 0 unspecified atom stereocenters. The minimum atomic E-state index is -2.37. The highest BCUT2D eigenvalue weighted by Gasteiger charge is 2.24. The summed E-state index contributed by atoms with van der Waals surface area (Å²) >= 11 is 0. The largest absolute Gasteiger partial charge is 0.507 e. The summed E-state index contributed by atoms with van der Waals surface area (Å²) in [7, 11) is 0. The Morgan fingerprint density at radius 1 is 0.574 bits per heavy atom. The fourth-order valence-electron chi connectivity index (χ4n) is 7.65. The molecule has 0 bridgehead atoms. The zero-order valence-electron chi connectivity index (χ0n) is 31.9. The maximum Gasteiger partial charge on any atom is 0.149 e. The minimum Gasteiger partial charge on any atom is -0.507 e. The van der Waals surface area contributed by atoms with Crippen LogP contribution >= 0.6 is 0 Å². The van der Waals surface area contributed by atoms with Crippen LogP contribution in [-0.4, -0.2) is 19.6 Å². The summed E-state index contributed by atoms with van der Waals surface area (Å²) in [5, 5.41) is 12.9. The summed E-state index contributed by atoms with van der Waals surface area (Å²) in [4.78, 5) is 10.1. The lowest BCUT2D eigenvalue weighted by atomic mass is 9.95. The number of imidazole rings is 1. The monoisotopic (exact) mass is 698 g/mol. The topological polar surface area (TPSA) is 64.1 Å². The molecule has 0 aliphatic rings. The number of fused-ring (bicyclic) bond motifs is 4. The first-order valence-electron chi connectivity index (χ1n) is 19.3. The van der Waals surface area contributed by atoms with Gasteiger partial charge in [-0.2, -0.15) is 0 Å². The molecular weight excluding hydrogens is 663 g/mol. The van der Waals surface area contributed by atoms with Crippen LogP contribution in [0.15, 0.2) is 180 Å². The first kappa shape index (κ1) is 28.4. The Morgan fingerprint density at radius 2 is 1.30 bits per heavy atom. The van der Waals surface area contributed by atoms with Gasteiger partial charge in [0.15, 0.2) is 0 Å². The molecule has 0 radical (unpaired) electrons. The maximum atomic E-state index is 11.3. The molecule has 0 aliphatic carbocycles. The number of rotatable bonds is 6. The number of furan rings is 1. The molecule has 54 heavy (non-hydrogen) atoms. The van der Waals surface area contributed by atoms with E-state index >= 15 is 0 Å². The molecule has 3 heterocycles. The van der Waals surface area contributed by atoms with Crippen molar-refractivity contribution in [3.8, 4) is 67.5 Å². The van der Waals surface area contributed by atoms with Gasteiger partial charge in [0.05, 0.1) is 28.0 Å². The van der Waals surface area contributed by atoms with Crippen LogP contribution in [0.5, 0.6) is 5.75 Å². The summed E-state index contributed by atoms with van der Waals surface area (Å²) in [5.41, 5.74) is 11.1. The molecule has 5 heteroatoms. The zero-order chi connectivity index (χ0) is 38.7. The second-order valence-electron chi connectivity index (χ2n) is 13.3. The molecule has 10 aromatic rings. The normalized spacial score (nSPS) is 12.6. The standard InChI is InChI=1S/C49H33N3O2/c1-31-26-27-37-39-29-34(30-40(41-22-12-13-28-50-41)47(39)54-48(37)45(31)33-17-6-3-7-18-33)36-21-14-24-43-46(36)51-49(38-20-9-11-25-44(38)53)52(43)42-23-10-8-19-35(42)32-15-4-2-5-16-32/h2-30,53H,1H3/i1D3. The van der Waals surface area contributed by atoms with Crippen molar-refractivity contribution in [2.45, 2.75) is 6.85 Å². The average Bonchev–Trinajstić information content (AvgIpc) is 3.83. The number of phenolic OH excluding ortho intramolecular Hbond substituents is 1. The Bertz CT molecular complexity index is 3120. The molecule has 0 aliphatic heterocycles. The third kappa shape index (κ3) is 5.09. The lowest BCUT2D eigenvalue weighted by molar-refractivity contribution is 0.477.